The minimum atomic E-state index is -4.46. The van der Waals surface area contributed by atoms with Gasteiger partial charge in [0.2, 0.25) is 0 Å². The van der Waals surface area contributed by atoms with Crippen molar-refractivity contribution in [2.45, 2.75) is 52.1 Å². The van der Waals surface area contributed by atoms with Gasteiger partial charge in [0.05, 0.1) is 11.3 Å². The Morgan fingerprint density at radius 3 is 2.58 bits per heavy atom. The Morgan fingerprint density at radius 2 is 1.96 bits per heavy atom. The normalized spacial score (nSPS) is 11.9. The van der Waals surface area contributed by atoms with Crippen LogP contribution < -0.4 is 5.32 Å². The van der Waals surface area contributed by atoms with Crippen LogP contribution in [0.2, 0.25) is 0 Å². The van der Waals surface area contributed by atoms with Gasteiger partial charge in [-0.1, -0.05) is 33.1 Å². The third-order valence-corrected chi connectivity index (χ3v) is 3.88. The zero-order chi connectivity index (χ0) is 17.7. The second-order valence-corrected chi connectivity index (χ2v) is 5.72. The van der Waals surface area contributed by atoms with Gasteiger partial charge < -0.3 is 5.32 Å². The van der Waals surface area contributed by atoms with Crippen LogP contribution in [0.5, 0.6) is 0 Å². The Labute approximate surface area is 139 Å². The lowest BCUT2D eigenvalue weighted by molar-refractivity contribution is -0.137. The molecule has 0 saturated carbocycles. The molecule has 24 heavy (non-hydrogen) atoms. The van der Waals surface area contributed by atoms with Gasteiger partial charge in [0.1, 0.15) is 11.3 Å². The maximum absolute atomic E-state index is 12.9. The molecule has 4 nitrogen and oxygen atoms in total. The van der Waals surface area contributed by atoms with Gasteiger partial charge in [-0.05, 0) is 25.0 Å². The van der Waals surface area contributed by atoms with Crippen molar-refractivity contribution in [2.75, 3.05) is 6.54 Å². The molecule has 0 aliphatic carbocycles. The quantitative estimate of drug-likeness (QED) is 0.766. The molecule has 7 heteroatoms. The maximum Gasteiger partial charge on any atom is 0.417 e. The lowest BCUT2D eigenvalue weighted by atomic mass is 10.2. The van der Waals surface area contributed by atoms with Gasteiger partial charge in [0.25, 0.3) is 5.91 Å². The fourth-order valence-corrected chi connectivity index (χ4v) is 2.59. The highest BCUT2D eigenvalue weighted by molar-refractivity contribution is 5.94. The number of pyridine rings is 1. The number of aryl methyl sites for hydroxylation is 1. The van der Waals surface area contributed by atoms with Crippen LogP contribution in [0, 0.1) is 0 Å². The lowest BCUT2D eigenvalue weighted by Gasteiger charge is -2.09. The third kappa shape index (κ3) is 4.07. The van der Waals surface area contributed by atoms with Crippen molar-refractivity contribution >= 4 is 11.6 Å². The van der Waals surface area contributed by atoms with Crippen LogP contribution in [-0.4, -0.2) is 21.8 Å². The Bertz CT molecular complexity index is 707. The van der Waals surface area contributed by atoms with Crippen molar-refractivity contribution in [3.8, 4) is 0 Å². The highest BCUT2D eigenvalue weighted by Crippen LogP contribution is 2.29. The number of unbranched alkanes of at least 4 members (excludes halogenated alkanes) is 3. The molecule has 0 aliphatic rings. The highest BCUT2D eigenvalue weighted by Gasteiger charge is 2.31. The summed E-state index contributed by atoms with van der Waals surface area (Å²) in [5.41, 5.74) is 0.234. The van der Waals surface area contributed by atoms with E-state index in [2.05, 4.69) is 17.2 Å². The largest absolute Gasteiger partial charge is 0.417 e. The van der Waals surface area contributed by atoms with E-state index >= 15 is 0 Å². The number of hydrogen-bond donors (Lipinski definition) is 1. The van der Waals surface area contributed by atoms with E-state index in [1.807, 2.05) is 6.92 Å². The van der Waals surface area contributed by atoms with E-state index in [9.17, 15) is 18.0 Å². The minimum Gasteiger partial charge on any atom is -0.351 e. The number of fused-ring (bicyclic) bond motifs is 1. The van der Waals surface area contributed by atoms with Crippen LogP contribution >= 0.6 is 0 Å². The average molecular weight is 341 g/mol. The first-order valence-electron chi connectivity index (χ1n) is 8.24. The molecule has 0 saturated heterocycles. The van der Waals surface area contributed by atoms with Gasteiger partial charge in [0, 0.05) is 12.7 Å². The van der Waals surface area contributed by atoms with Crippen molar-refractivity contribution < 1.29 is 18.0 Å². The summed E-state index contributed by atoms with van der Waals surface area (Å²) in [6.07, 6.45) is 1.02. The lowest BCUT2D eigenvalue weighted by Crippen LogP contribution is -2.27. The van der Waals surface area contributed by atoms with Crippen LogP contribution in [-0.2, 0) is 12.6 Å². The fraction of sp³-hybridized carbons (Fsp3) is 0.529. The molecule has 0 fully saturated rings. The summed E-state index contributed by atoms with van der Waals surface area (Å²) in [6, 6.07) is 2.27. The van der Waals surface area contributed by atoms with E-state index in [0.29, 0.717) is 24.3 Å². The second kappa shape index (κ2) is 7.68. The van der Waals surface area contributed by atoms with Gasteiger partial charge in [-0.3, -0.25) is 9.20 Å². The van der Waals surface area contributed by atoms with Crippen molar-refractivity contribution in [1.82, 2.24) is 14.7 Å². The topological polar surface area (TPSA) is 46.4 Å². The number of nitrogens with zero attached hydrogens (tertiary/aromatic N) is 2. The van der Waals surface area contributed by atoms with Gasteiger partial charge in [0.15, 0.2) is 0 Å². The van der Waals surface area contributed by atoms with Crippen molar-refractivity contribution in [1.29, 1.82) is 0 Å². The van der Waals surface area contributed by atoms with Crippen LogP contribution in [0.15, 0.2) is 18.3 Å². The minimum absolute atomic E-state index is 0.189. The molecule has 2 aromatic rings. The molecule has 2 rings (SSSR count). The number of imidazole rings is 1. The SMILES string of the molecule is CCCCCCNC(=O)c1c(CC)nc2ccc(C(F)(F)F)cn12. The molecule has 0 radical (unpaired) electrons. The van der Waals surface area contributed by atoms with E-state index in [1.54, 1.807) is 0 Å². The summed E-state index contributed by atoms with van der Waals surface area (Å²) in [6.45, 7) is 4.43. The molecule has 1 N–H and O–H groups in total. The molecular weight excluding hydrogens is 319 g/mol. The Morgan fingerprint density at radius 1 is 1.21 bits per heavy atom. The summed E-state index contributed by atoms with van der Waals surface area (Å²) >= 11 is 0. The number of amides is 1. The number of halogens is 3. The van der Waals surface area contributed by atoms with Crippen LogP contribution in [0.25, 0.3) is 5.65 Å². The molecule has 0 bridgehead atoms. The first-order valence-corrected chi connectivity index (χ1v) is 8.24. The molecule has 2 aromatic heterocycles. The predicted molar refractivity (Wildman–Crippen MR) is 86.0 cm³/mol. The maximum atomic E-state index is 12.9. The molecule has 0 aromatic carbocycles. The van der Waals surface area contributed by atoms with Crippen molar-refractivity contribution in [3.63, 3.8) is 0 Å². The Hall–Kier alpha value is -2.05. The average Bonchev–Trinajstić information content (AvgIpc) is 2.91. The number of hydrogen-bond acceptors (Lipinski definition) is 2. The first kappa shape index (κ1) is 18.3. The van der Waals surface area contributed by atoms with Gasteiger partial charge in [-0.2, -0.15) is 13.2 Å². The number of carbonyl (C=O) groups is 1. The smallest absolute Gasteiger partial charge is 0.351 e. The third-order valence-electron chi connectivity index (χ3n) is 3.88. The first-order chi connectivity index (χ1) is 11.4. The zero-order valence-electron chi connectivity index (χ0n) is 13.9. The van der Waals surface area contributed by atoms with E-state index in [4.69, 9.17) is 0 Å². The van der Waals surface area contributed by atoms with Crippen molar-refractivity contribution in [2.24, 2.45) is 0 Å². The second-order valence-electron chi connectivity index (χ2n) is 5.72. The summed E-state index contributed by atoms with van der Waals surface area (Å²) < 4.78 is 40.0. The summed E-state index contributed by atoms with van der Waals surface area (Å²) in [4.78, 5) is 16.7. The molecule has 0 unspecified atom stereocenters. The molecule has 132 valence electrons. The van der Waals surface area contributed by atoms with Crippen LogP contribution in [0.3, 0.4) is 0 Å². The van der Waals surface area contributed by atoms with E-state index in [1.165, 1.54) is 10.5 Å². The zero-order valence-corrected chi connectivity index (χ0v) is 13.9. The standard InChI is InChI=1S/C17H22F3N3O/c1-3-5-6-7-10-21-16(24)15-13(4-2)22-14-9-8-12(11-23(14)15)17(18,19)20/h8-9,11H,3-7,10H2,1-2H3,(H,21,24). The van der Waals surface area contributed by atoms with Crippen LogP contribution in [0.1, 0.15) is 61.3 Å². The molecular formula is C17H22F3N3O. The highest BCUT2D eigenvalue weighted by atomic mass is 19.4. The van der Waals surface area contributed by atoms with Crippen molar-refractivity contribution in [3.05, 3.63) is 35.3 Å². The number of nitrogens with one attached hydrogen (secondary N) is 1. The number of aromatic nitrogens is 2. The number of rotatable bonds is 7. The Kier molecular flexibility index (Phi) is 5.85. The molecule has 1 amide bonds. The fourth-order valence-electron chi connectivity index (χ4n) is 2.59. The molecule has 0 spiro atoms. The summed E-state index contributed by atoms with van der Waals surface area (Å²) in [7, 11) is 0. The van der Waals surface area contributed by atoms with Gasteiger partial charge in [-0.15, -0.1) is 0 Å². The summed E-state index contributed by atoms with van der Waals surface area (Å²) in [5, 5.41) is 2.79. The monoisotopic (exact) mass is 341 g/mol. The predicted octanol–water partition coefficient (Wildman–Crippen LogP) is 4.23. The molecule has 2 heterocycles. The molecule has 0 atom stereocenters. The molecule has 0 aliphatic heterocycles. The number of carbonyl (C=O) groups excluding carboxylic acids is 1. The number of alkyl halides is 3. The van der Waals surface area contributed by atoms with E-state index in [0.717, 1.165) is 37.9 Å². The Balaban J connectivity index is 2.27. The van der Waals surface area contributed by atoms with E-state index in [-0.39, 0.29) is 11.6 Å². The van der Waals surface area contributed by atoms with Gasteiger partial charge >= 0.3 is 6.18 Å². The van der Waals surface area contributed by atoms with Gasteiger partial charge in [-0.25, -0.2) is 4.98 Å². The summed E-state index contributed by atoms with van der Waals surface area (Å²) in [5.74, 6) is -0.379. The van der Waals surface area contributed by atoms with E-state index < -0.39 is 11.7 Å². The van der Waals surface area contributed by atoms with Crippen LogP contribution in [0.4, 0.5) is 13.2 Å².